The van der Waals surface area contributed by atoms with E-state index in [1.54, 1.807) is 67.6 Å². The number of aryl methyl sites for hydroxylation is 1. The summed E-state index contributed by atoms with van der Waals surface area (Å²) >= 11 is 6.11. The quantitative estimate of drug-likeness (QED) is 0.419. The highest BCUT2D eigenvalue weighted by Gasteiger charge is 2.28. The third-order valence-corrected chi connectivity index (χ3v) is 6.70. The molecule has 0 aliphatic carbocycles. The molecule has 1 unspecified atom stereocenters. The van der Waals surface area contributed by atoms with Crippen molar-refractivity contribution in [2.45, 2.75) is 30.7 Å². The second-order valence-electron chi connectivity index (χ2n) is 7.42. The minimum absolute atomic E-state index is 0.0390. The van der Waals surface area contributed by atoms with Gasteiger partial charge in [0.2, 0.25) is 21.8 Å². The van der Waals surface area contributed by atoms with Crippen LogP contribution in [0.4, 0.5) is 11.4 Å². The summed E-state index contributed by atoms with van der Waals surface area (Å²) in [5.41, 5.74) is 1.82. The maximum atomic E-state index is 13.0. The van der Waals surface area contributed by atoms with Crippen LogP contribution in [0.2, 0.25) is 5.02 Å². The first-order valence-corrected chi connectivity index (χ1v) is 12.1. The fourth-order valence-corrected chi connectivity index (χ4v) is 4.90. The van der Waals surface area contributed by atoms with Crippen LogP contribution in [0.5, 0.6) is 0 Å². The largest absolute Gasteiger partial charge is 0.326 e. The lowest BCUT2D eigenvalue weighted by Crippen LogP contribution is -2.44. The minimum atomic E-state index is -4.13. The topological polar surface area (TPSA) is 104 Å². The fraction of sp³-hybridized carbons (Fsp3) is 0.167. The zero-order valence-corrected chi connectivity index (χ0v) is 19.5. The number of sulfonamides is 1. The van der Waals surface area contributed by atoms with E-state index in [1.807, 2.05) is 6.07 Å². The number of nitrogens with one attached hydrogen (secondary N) is 3. The maximum Gasteiger partial charge on any atom is 0.242 e. The summed E-state index contributed by atoms with van der Waals surface area (Å²) in [5, 5.41) is 5.45. The fourth-order valence-electron chi connectivity index (χ4n) is 3.08. The summed E-state index contributed by atoms with van der Waals surface area (Å²) in [6, 6.07) is 20.9. The number of anilines is 2. The predicted octanol–water partition coefficient (Wildman–Crippen LogP) is 4.35. The molecule has 0 heterocycles. The van der Waals surface area contributed by atoms with Gasteiger partial charge in [-0.2, -0.15) is 4.72 Å². The molecule has 0 saturated heterocycles. The van der Waals surface area contributed by atoms with Crippen LogP contribution in [-0.2, 0) is 19.6 Å². The third-order valence-electron chi connectivity index (χ3n) is 4.75. The zero-order chi connectivity index (χ0) is 23.8. The molecule has 0 aliphatic rings. The van der Waals surface area contributed by atoms with Gasteiger partial charge in [0.1, 0.15) is 10.9 Å². The number of amides is 2. The van der Waals surface area contributed by atoms with Gasteiger partial charge < -0.3 is 10.6 Å². The molecule has 0 fully saturated rings. The van der Waals surface area contributed by atoms with E-state index in [2.05, 4.69) is 15.4 Å². The van der Waals surface area contributed by atoms with Crippen molar-refractivity contribution in [1.82, 2.24) is 4.72 Å². The van der Waals surface area contributed by atoms with Crippen LogP contribution in [0.15, 0.2) is 83.8 Å². The van der Waals surface area contributed by atoms with E-state index in [-0.39, 0.29) is 28.7 Å². The van der Waals surface area contributed by atoms with Crippen LogP contribution in [0.3, 0.4) is 0 Å². The summed E-state index contributed by atoms with van der Waals surface area (Å²) < 4.78 is 28.5. The Bertz CT molecular complexity index is 1220. The van der Waals surface area contributed by atoms with Crippen molar-refractivity contribution in [1.29, 1.82) is 0 Å². The molecular formula is C24H24ClN3O4S. The Morgan fingerprint density at radius 2 is 1.45 bits per heavy atom. The average molecular weight is 486 g/mol. The van der Waals surface area contributed by atoms with Gasteiger partial charge in [-0.25, -0.2) is 8.42 Å². The molecule has 0 saturated carbocycles. The maximum absolute atomic E-state index is 13.0. The lowest BCUT2D eigenvalue weighted by Gasteiger charge is -2.19. The summed E-state index contributed by atoms with van der Waals surface area (Å²) in [6.07, 6.45) is -0.133. The first-order valence-electron chi connectivity index (χ1n) is 10.2. The standard InChI is InChI=1S/C24H24ClN3O4S/c1-17-12-13-20(25)22(16-17)33(31,32)28-21(24(30)27-19-10-6-3-7-11-19)14-15-23(29)26-18-8-4-2-5-9-18/h2-13,16,21,28H,14-15H2,1H3,(H,26,29)(H,27,30). The minimum Gasteiger partial charge on any atom is -0.326 e. The summed E-state index contributed by atoms with van der Waals surface area (Å²) in [6.45, 7) is 1.74. The summed E-state index contributed by atoms with van der Waals surface area (Å²) in [4.78, 5) is 25.2. The highest BCUT2D eigenvalue weighted by molar-refractivity contribution is 7.89. The molecule has 1 atom stereocenters. The number of para-hydroxylation sites is 2. The van der Waals surface area contributed by atoms with Crippen LogP contribution < -0.4 is 15.4 Å². The molecule has 2 amide bonds. The van der Waals surface area contributed by atoms with E-state index >= 15 is 0 Å². The number of rotatable bonds is 9. The van der Waals surface area contributed by atoms with Gasteiger partial charge in [-0.3, -0.25) is 9.59 Å². The van der Waals surface area contributed by atoms with Gasteiger partial charge in [0.15, 0.2) is 0 Å². The molecule has 33 heavy (non-hydrogen) atoms. The Balaban J connectivity index is 1.77. The molecule has 0 spiro atoms. The van der Waals surface area contributed by atoms with Crippen molar-refractivity contribution in [3.63, 3.8) is 0 Å². The molecule has 3 N–H and O–H groups in total. The first kappa shape index (κ1) is 24.4. The Morgan fingerprint density at radius 1 is 0.879 bits per heavy atom. The lowest BCUT2D eigenvalue weighted by molar-refractivity contribution is -0.118. The Hall–Kier alpha value is -3.20. The number of carbonyl (C=O) groups is 2. The molecule has 9 heteroatoms. The smallest absolute Gasteiger partial charge is 0.242 e. The van der Waals surface area contributed by atoms with Crippen LogP contribution >= 0.6 is 11.6 Å². The zero-order valence-electron chi connectivity index (χ0n) is 17.9. The van der Waals surface area contributed by atoms with Crippen LogP contribution in [0.25, 0.3) is 0 Å². The van der Waals surface area contributed by atoms with E-state index in [4.69, 9.17) is 11.6 Å². The van der Waals surface area contributed by atoms with E-state index in [9.17, 15) is 18.0 Å². The molecule has 7 nitrogen and oxygen atoms in total. The van der Waals surface area contributed by atoms with Crippen molar-refractivity contribution >= 4 is 44.8 Å². The number of hydrogen-bond donors (Lipinski definition) is 3. The third kappa shape index (κ3) is 7.15. The summed E-state index contributed by atoms with van der Waals surface area (Å²) in [5.74, 6) is -0.924. The number of halogens is 1. The highest BCUT2D eigenvalue weighted by Crippen LogP contribution is 2.23. The molecular weight excluding hydrogens is 462 g/mol. The van der Waals surface area contributed by atoms with E-state index < -0.39 is 22.0 Å². The van der Waals surface area contributed by atoms with Crippen molar-refractivity contribution in [3.8, 4) is 0 Å². The van der Waals surface area contributed by atoms with Gasteiger partial charge in [0.05, 0.1) is 5.02 Å². The molecule has 0 aromatic heterocycles. The van der Waals surface area contributed by atoms with Gasteiger partial charge in [0.25, 0.3) is 0 Å². The van der Waals surface area contributed by atoms with Crippen molar-refractivity contribution in [3.05, 3.63) is 89.4 Å². The van der Waals surface area contributed by atoms with Gasteiger partial charge >= 0.3 is 0 Å². The normalized spacial score (nSPS) is 12.1. The van der Waals surface area contributed by atoms with Gasteiger partial charge in [0, 0.05) is 17.8 Å². The first-order chi connectivity index (χ1) is 15.7. The molecule has 0 radical (unpaired) electrons. The number of benzene rings is 3. The van der Waals surface area contributed by atoms with Crippen LogP contribution in [0.1, 0.15) is 18.4 Å². The number of carbonyl (C=O) groups excluding carboxylic acids is 2. The monoisotopic (exact) mass is 485 g/mol. The highest BCUT2D eigenvalue weighted by atomic mass is 35.5. The Kier molecular flexibility index (Phi) is 8.21. The SMILES string of the molecule is Cc1ccc(Cl)c(S(=O)(=O)NC(CCC(=O)Nc2ccccc2)C(=O)Nc2ccccc2)c1. The van der Waals surface area contributed by atoms with E-state index in [0.29, 0.717) is 16.9 Å². The Morgan fingerprint density at radius 3 is 2.06 bits per heavy atom. The molecule has 3 aromatic carbocycles. The van der Waals surface area contributed by atoms with E-state index in [1.165, 1.54) is 12.1 Å². The summed E-state index contributed by atoms with van der Waals surface area (Å²) in [7, 11) is -4.13. The van der Waals surface area contributed by atoms with Crippen molar-refractivity contribution < 1.29 is 18.0 Å². The molecule has 172 valence electrons. The predicted molar refractivity (Wildman–Crippen MR) is 130 cm³/mol. The van der Waals surface area contributed by atoms with Gasteiger partial charge in [-0.1, -0.05) is 54.1 Å². The van der Waals surface area contributed by atoms with E-state index in [0.717, 1.165) is 0 Å². The van der Waals surface area contributed by atoms with Gasteiger partial charge in [-0.15, -0.1) is 0 Å². The van der Waals surface area contributed by atoms with Crippen molar-refractivity contribution in [2.24, 2.45) is 0 Å². The lowest BCUT2D eigenvalue weighted by atomic mass is 10.1. The van der Waals surface area contributed by atoms with Crippen LogP contribution in [-0.4, -0.2) is 26.3 Å². The second-order valence-corrected chi connectivity index (χ2v) is 9.51. The van der Waals surface area contributed by atoms with Crippen molar-refractivity contribution in [2.75, 3.05) is 10.6 Å². The Labute approximate surface area is 198 Å². The molecule has 0 aliphatic heterocycles. The average Bonchev–Trinajstić information content (AvgIpc) is 2.79. The molecule has 3 rings (SSSR count). The van der Waals surface area contributed by atoms with Gasteiger partial charge in [-0.05, 0) is 55.3 Å². The molecule has 3 aromatic rings. The molecule has 0 bridgehead atoms. The second kappa shape index (κ2) is 11.1. The van der Waals surface area contributed by atoms with Crippen LogP contribution in [0, 0.1) is 6.92 Å². The number of hydrogen-bond acceptors (Lipinski definition) is 4.